The largest absolute Gasteiger partial charge is 0.465 e. The van der Waals surface area contributed by atoms with Gasteiger partial charge in [-0.1, -0.05) is 0 Å². The van der Waals surface area contributed by atoms with Crippen LogP contribution in [0.5, 0.6) is 0 Å². The molecule has 0 aliphatic rings. The lowest BCUT2D eigenvalue weighted by Gasteiger charge is -2.08. The number of methoxy groups -OCH3 is 1. The monoisotopic (exact) mass is 327 g/mol. The summed E-state index contributed by atoms with van der Waals surface area (Å²) in [5.41, 5.74) is 0.268. The van der Waals surface area contributed by atoms with Gasteiger partial charge in [-0.3, -0.25) is 0 Å². The summed E-state index contributed by atoms with van der Waals surface area (Å²) in [4.78, 5) is 14.9. The van der Waals surface area contributed by atoms with Crippen LogP contribution in [0.4, 0.5) is 8.78 Å². The number of pyridine rings is 1. The number of hydrogen-bond acceptors (Lipinski definition) is 3. The molecule has 0 aliphatic heterocycles. The fraction of sp³-hybridized carbons (Fsp3) is 0.333. The second-order valence-electron chi connectivity index (χ2n) is 2.80. The molecule has 0 N–H and O–H groups in total. The quantitative estimate of drug-likeness (QED) is 0.476. The molecule has 82 valence electrons. The Morgan fingerprint density at radius 1 is 1.60 bits per heavy atom. The minimum absolute atomic E-state index is 0.132. The molecule has 0 atom stereocenters. The second-order valence-corrected chi connectivity index (χ2v) is 3.82. The Kier molecular flexibility index (Phi) is 3.95. The predicted molar refractivity (Wildman–Crippen MR) is 58.0 cm³/mol. The van der Waals surface area contributed by atoms with E-state index in [1.54, 1.807) is 29.5 Å². The predicted octanol–water partition coefficient (Wildman–Crippen LogP) is 2.72. The van der Waals surface area contributed by atoms with Gasteiger partial charge in [0, 0.05) is 0 Å². The van der Waals surface area contributed by atoms with Gasteiger partial charge in [-0.15, -0.1) is 0 Å². The van der Waals surface area contributed by atoms with E-state index >= 15 is 0 Å². The molecule has 1 rings (SSSR count). The van der Waals surface area contributed by atoms with Crippen molar-refractivity contribution in [3.05, 3.63) is 26.6 Å². The number of carbonyl (C=O) groups is 1. The van der Waals surface area contributed by atoms with Crippen LogP contribution in [0.1, 0.15) is 28.0 Å². The van der Waals surface area contributed by atoms with E-state index in [2.05, 4.69) is 9.72 Å². The van der Waals surface area contributed by atoms with Crippen molar-refractivity contribution >= 4 is 28.6 Å². The van der Waals surface area contributed by atoms with Crippen LogP contribution < -0.4 is 0 Å². The fourth-order valence-electron chi connectivity index (χ4n) is 1.03. The molecule has 1 heterocycles. The third kappa shape index (κ3) is 2.61. The summed E-state index contributed by atoms with van der Waals surface area (Å²) >= 11 is 1.81. The van der Waals surface area contributed by atoms with Crippen LogP contribution in [0.2, 0.25) is 0 Å². The normalized spacial score (nSPS) is 10.5. The highest BCUT2D eigenvalue weighted by molar-refractivity contribution is 14.1. The Morgan fingerprint density at radius 2 is 2.20 bits per heavy atom. The van der Waals surface area contributed by atoms with Gasteiger partial charge in [0.05, 0.1) is 12.7 Å². The fourth-order valence-corrected chi connectivity index (χ4v) is 1.60. The molecule has 0 unspecified atom stereocenters. The zero-order valence-corrected chi connectivity index (χ0v) is 10.2. The van der Waals surface area contributed by atoms with Gasteiger partial charge in [0.25, 0.3) is 6.43 Å². The SMILES string of the molecule is COC(=O)c1cc(C(F)F)nc(I)c1C. The Balaban J connectivity index is 3.31. The Labute approximate surface area is 99.0 Å². The lowest BCUT2D eigenvalue weighted by molar-refractivity contribution is 0.0599. The number of hydrogen-bond donors (Lipinski definition) is 0. The standard InChI is InChI=1S/C9H8F2INO2/c1-4-5(9(14)15-2)3-6(7(10)11)13-8(4)12/h3,7H,1-2H3. The summed E-state index contributed by atoms with van der Waals surface area (Å²) < 4.78 is 29.7. The van der Waals surface area contributed by atoms with Gasteiger partial charge in [-0.05, 0) is 41.1 Å². The van der Waals surface area contributed by atoms with E-state index in [9.17, 15) is 13.6 Å². The van der Waals surface area contributed by atoms with Crippen molar-refractivity contribution in [1.29, 1.82) is 0 Å². The first-order valence-electron chi connectivity index (χ1n) is 4.01. The molecule has 15 heavy (non-hydrogen) atoms. The first kappa shape index (κ1) is 12.3. The van der Waals surface area contributed by atoms with Crippen molar-refractivity contribution in [1.82, 2.24) is 4.98 Å². The Morgan fingerprint density at radius 3 is 2.67 bits per heavy atom. The molecule has 6 heteroatoms. The topological polar surface area (TPSA) is 39.2 Å². The maximum Gasteiger partial charge on any atom is 0.338 e. The van der Waals surface area contributed by atoms with Gasteiger partial charge in [-0.25, -0.2) is 18.6 Å². The Hall–Kier alpha value is -0.790. The van der Waals surface area contributed by atoms with Gasteiger partial charge < -0.3 is 4.74 Å². The number of aromatic nitrogens is 1. The average Bonchev–Trinajstić information content (AvgIpc) is 2.20. The lowest BCUT2D eigenvalue weighted by atomic mass is 10.1. The number of rotatable bonds is 2. The van der Waals surface area contributed by atoms with E-state index in [0.29, 0.717) is 9.26 Å². The molecule has 0 amide bonds. The van der Waals surface area contributed by atoms with E-state index in [4.69, 9.17) is 0 Å². The summed E-state index contributed by atoms with van der Waals surface area (Å²) in [5, 5.41) is 0. The molecule has 0 aromatic carbocycles. The first-order chi connectivity index (χ1) is 6.97. The highest BCUT2D eigenvalue weighted by Crippen LogP contribution is 2.23. The molecule has 3 nitrogen and oxygen atoms in total. The molecule has 0 saturated carbocycles. The van der Waals surface area contributed by atoms with Crippen molar-refractivity contribution in [3.8, 4) is 0 Å². The van der Waals surface area contributed by atoms with Crippen LogP contribution in [0.25, 0.3) is 0 Å². The van der Waals surface area contributed by atoms with E-state index < -0.39 is 18.1 Å². The summed E-state index contributed by atoms with van der Waals surface area (Å²) in [6.45, 7) is 1.64. The summed E-state index contributed by atoms with van der Waals surface area (Å²) in [5.74, 6) is -0.630. The van der Waals surface area contributed by atoms with Crippen molar-refractivity contribution in [3.63, 3.8) is 0 Å². The lowest BCUT2D eigenvalue weighted by Crippen LogP contribution is -2.08. The number of nitrogens with zero attached hydrogens (tertiary/aromatic N) is 1. The van der Waals surface area contributed by atoms with Crippen molar-refractivity contribution in [2.45, 2.75) is 13.3 Å². The van der Waals surface area contributed by atoms with Crippen LogP contribution in [0, 0.1) is 10.6 Å². The molecule has 1 aromatic rings. The molecule has 0 bridgehead atoms. The van der Waals surface area contributed by atoms with Crippen LogP contribution in [0.15, 0.2) is 6.07 Å². The molecular weight excluding hydrogens is 319 g/mol. The number of esters is 1. The zero-order valence-electron chi connectivity index (χ0n) is 8.05. The molecule has 0 aliphatic carbocycles. The molecule has 0 radical (unpaired) electrons. The maximum absolute atomic E-state index is 12.4. The molecular formula is C9H8F2INO2. The molecule has 0 fully saturated rings. The van der Waals surface area contributed by atoms with Crippen LogP contribution in [0.3, 0.4) is 0 Å². The Bertz CT molecular complexity index is 396. The van der Waals surface area contributed by atoms with E-state index in [1.807, 2.05) is 0 Å². The third-order valence-electron chi connectivity index (χ3n) is 1.86. The zero-order chi connectivity index (χ0) is 11.6. The summed E-state index contributed by atoms with van der Waals surface area (Å²) in [7, 11) is 1.21. The number of carbonyl (C=O) groups excluding carboxylic acids is 1. The third-order valence-corrected chi connectivity index (χ3v) is 2.91. The van der Waals surface area contributed by atoms with Gasteiger partial charge in [0.1, 0.15) is 9.39 Å². The van der Waals surface area contributed by atoms with Crippen LogP contribution >= 0.6 is 22.6 Å². The van der Waals surface area contributed by atoms with Crippen LogP contribution in [-0.2, 0) is 4.74 Å². The van der Waals surface area contributed by atoms with Crippen LogP contribution in [-0.4, -0.2) is 18.1 Å². The smallest absolute Gasteiger partial charge is 0.338 e. The number of halogens is 3. The van der Waals surface area contributed by atoms with Crippen molar-refractivity contribution in [2.75, 3.05) is 7.11 Å². The average molecular weight is 327 g/mol. The van der Waals surface area contributed by atoms with E-state index in [1.165, 1.54) is 7.11 Å². The van der Waals surface area contributed by atoms with E-state index in [0.717, 1.165) is 6.07 Å². The van der Waals surface area contributed by atoms with Gasteiger partial charge >= 0.3 is 5.97 Å². The van der Waals surface area contributed by atoms with Crippen molar-refractivity contribution in [2.24, 2.45) is 0 Å². The second kappa shape index (κ2) is 4.82. The maximum atomic E-state index is 12.4. The molecule has 0 saturated heterocycles. The minimum atomic E-state index is -2.69. The highest BCUT2D eigenvalue weighted by atomic mass is 127. The van der Waals surface area contributed by atoms with E-state index in [-0.39, 0.29) is 5.56 Å². The minimum Gasteiger partial charge on any atom is -0.465 e. The summed E-state index contributed by atoms with van der Waals surface area (Å²) in [6, 6.07) is 1.06. The first-order valence-corrected chi connectivity index (χ1v) is 5.08. The van der Waals surface area contributed by atoms with Gasteiger partial charge in [0.2, 0.25) is 0 Å². The number of ether oxygens (including phenoxy) is 1. The van der Waals surface area contributed by atoms with Crippen molar-refractivity contribution < 1.29 is 18.3 Å². The van der Waals surface area contributed by atoms with Gasteiger partial charge in [-0.2, -0.15) is 0 Å². The molecule has 0 spiro atoms. The highest BCUT2D eigenvalue weighted by Gasteiger charge is 2.18. The van der Waals surface area contributed by atoms with Gasteiger partial charge in [0.15, 0.2) is 0 Å². The summed E-state index contributed by atoms with van der Waals surface area (Å²) in [6.07, 6.45) is -2.69. The number of alkyl halides is 2. The molecule has 1 aromatic heterocycles.